The average molecular weight is 463 g/mol. The van der Waals surface area contributed by atoms with Crippen molar-refractivity contribution in [3.05, 3.63) is 81.7 Å². The molecule has 2 aromatic carbocycles. The number of benzene rings is 2. The van der Waals surface area contributed by atoms with Gasteiger partial charge in [0.15, 0.2) is 0 Å². The number of carbonyl (C=O) groups is 2. The summed E-state index contributed by atoms with van der Waals surface area (Å²) in [4.78, 5) is 43.6. The Morgan fingerprint density at radius 1 is 1.06 bits per heavy atom. The van der Waals surface area contributed by atoms with Crippen LogP contribution in [0.25, 0.3) is 10.2 Å². The first-order chi connectivity index (χ1) is 16.0. The van der Waals surface area contributed by atoms with E-state index in [1.165, 1.54) is 10.9 Å². The average Bonchev–Trinajstić information content (AvgIpc) is 3.15. The molecule has 0 bridgehead atoms. The van der Waals surface area contributed by atoms with Crippen LogP contribution in [0.4, 0.5) is 11.4 Å². The normalized spacial score (nSPS) is 10.7. The van der Waals surface area contributed by atoms with Crippen molar-refractivity contribution in [1.82, 2.24) is 9.55 Å². The van der Waals surface area contributed by atoms with Gasteiger partial charge >= 0.3 is 0 Å². The number of nitrogens with one attached hydrogen (secondary N) is 2. The predicted molar refractivity (Wildman–Crippen MR) is 129 cm³/mol. The van der Waals surface area contributed by atoms with Crippen LogP contribution in [0, 0.1) is 6.92 Å². The van der Waals surface area contributed by atoms with Crippen LogP contribution in [0.3, 0.4) is 0 Å². The second-order valence-electron chi connectivity index (χ2n) is 7.21. The van der Waals surface area contributed by atoms with Gasteiger partial charge in [0, 0.05) is 5.69 Å². The Labute approximate surface area is 193 Å². The van der Waals surface area contributed by atoms with Gasteiger partial charge in [-0.3, -0.25) is 19.0 Å². The Morgan fingerprint density at radius 2 is 1.79 bits per heavy atom. The Bertz CT molecular complexity index is 1380. The highest BCUT2D eigenvalue weighted by molar-refractivity contribution is 7.20. The Hall–Kier alpha value is -3.98. The van der Waals surface area contributed by atoms with E-state index < -0.39 is 0 Å². The summed E-state index contributed by atoms with van der Waals surface area (Å²) in [5.41, 5.74) is 1.35. The number of thiophene rings is 1. The fourth-order valence-corrected chi connectivity index (χ4v) is 4.43. The van der Waals surface area contributed by atoms with Crippen LogP contribution < -0.4 is 20.9 Å². The molecular formula is C24H22N4O4S. The maximum atomic E-state index is 13.1. The molecule has 2 aromatic heterocycles. The van der Waals surface area contributed by atoms with Crippen molar-refractivity contribution in [3.63, 3.8) is 0 Å². The van der Waals surface area contributed by atoms with E-state index in [4.69, 9.17) is 4.74 Å². The molecule has 9 heteroatoms. The van der Waals surface area contributed by atoms with Gasteiger partial charge in [-0.15, -0.1) is 11.3 Å². The van der Waals surface area contributed by atoms with Crippen LogP contribution in [0.15, 0.2) is 65.7 Å². The minimum atomic E-state index is -0.389. The van der Waals surface area contributed by atoms with Gasteiger partial charge in [-0.25, -0.2) is 4.98 Å². The van der Waals surface area contributed by atoms with Crippen molar-refractivity contribution in [3.8, 4) is 5.75 Å². The number of hydrogen-bond donors (Lipinski definition) is 2. The summed E-state index contributed by atoms with van der Waals surface area (Å²) in [5.74, 6) is -0.143. The smallest absolute Gasteiger partial charge is 0.266 e. The second kappa shape index (κ2) is 9.66. The quantitative estimate of drug-likeness (QED) is 0.431. The molecule has 0 radical (unpaired) electrons. The molecule has 2 heterocycles. The molecule has 168 valence electrons. The number of para-hydroxylation sites is 3. The van der Waals surface area contributed by atoms with E-state index in [0.717, 1.165) is 11.3 Å². The first-order valence-corrected chi connectivity index (χ1v) is 11.2. The van der Waals surface area contributed by atoms with E-state index in [1.54, 1.807) is 37.3 Å². The summed E-state index contributed by atoms with van der Waals surface area (Å²) in [6, 6.07) is 16.2. The maximum absolute atomic E-state index is 13.1. The van der Waals surface area contributed by atoms with Crippen LogP contribution in [-0.2, 0) is 11.3 Å². The molecule has 0 aliphatic carbocycles. The number of ether oxygens (including phenoxy) is 1. The topological polar surface area (TPSA) is 102 Å². The van der Waals surface area contributed by atoms with E-state index in [1.807, 2.05) is 31.2 Å². The number of rotatable bonds is 7. The summed E-state index contributed by atoms with van der Waals surface area (Å²) in [7, 11) is 0. The fourth-order valence-electron chi connectivity index (χ4n) is 3.39. The lowest BCUT2D eigenvalue weighted by Gasteiger charge is -2.11. The van der Waals surface area contributed by atoms with Crippen LogP contribution >= 0.6 is 11.3 Å². The highest BCUT2D eigenvalue weighted by Gasteiger charge is 2.20. The number of hydrogen-bond acceptors (Lipinski definition) is 6. The van der Waals surface area contributed by atoms with E-state index in [9.17, 15) is 14.4 Å². The van der Waals surface area contributed by atoms with Gasteiger partial charge in [0.1, 0.15) is 17.1 Å². The van der Waals surface area contributed by atoms with Crippen molar-refractivity contribution >= 4 is 44.7 Å². The number of amides is 2. The monoisotopic (exact) mass is 462 g/mol. The highest BCUT2D eigenvalue weighted by Crippen LogP contribution is 2.28. The summed E-state index contributed by atoms with van der Waals surface area (Å²) in [6.45, 7) is 3.81. The second-order valence-corrected chi connectivity index (χ2v) is 8.21. The molecule has 8 nitrogen and oxygen atoms in total. The third-order valence-corrected chi connectivity index (χ3v) is 6.13. The SMILES string of the molecule is CCOc1ccccc1NC(=O)Cn1cnc2sc(C(=O)Nc3ccccc3)c(C)c2c1=O. The van der Waals surface area contributed by atoms with Crippen molar-refractivity contribution in [2.24, 2.45) is 0 Å². The van der Waals surface area contributed by atoms with Crippen molar-refractivity contribution in [1.29, 1.82) is 0 Å². The molecule has 2 N–H and O–H groups in total. The molecule has 0 saturated carbocycles. The zero-order valence-electron chi connectivity index (χ0n) is 18.1. The molecule has 0 atom stereocenters. The highest BCUT2D eigenvalue weighted by atomic mass is 32.1. The Balaban J connectivity index is 1.57. The van der Waals surface area contributed by atoms with Gasteiger partial charge in [0.25, 0.3) is 11.5 Å². The van der Waals surface area contributed by atoms with Gasteiger partial charge in [-0.05, 0) is 43.7 Å². The van der Waals surface area contributed by atoms with Gasteiger partial charge in [-0.2, -0.15) is 0 Å². The summed E-state index contributed by atoms with van der Waals surface area (Å²) >= 11 is 1.15. The van der Waals surface area contributed by atoms with Crippen LogP contribution in [0.5, 0.6) is 5.75 Å². The Kier molecular flexibility index (Phi) is 6.50. The van der Waals surface area contributed by atoms with Crippen LogP contribution in [-0.4, -0.2) is 28.0 Å². The van der Waals surface area contributed by atoms with E-state index in [-0.39, 0.29) is 23.9 Å². The van der Waals surface area contributed by atoms with Gasteiger partial charge in [0.05, 0.1) is 28.9 Å². The molecule has 0 fully saturated rings. The molecule has 0 saturated heterocycles. The van der Waals surface area contributed by atoms with Crippen molar-refractivity contribution in [2.75, 3.05) is 17.2 Å². The summed E-state index contributed by atoms with van der Waals surface area (Å²) < 4.78 is 6.76. The molecular weight excluding hydrogens is 440 g/mol. The zero-order valence-corrected chi connectivity index (χ0v) is 18.9. The van der Waals surface area contributed by atoms with Gasteiger partial charge in [0.2, 0.25) is 5.91 Å². The van der Waals surface area contributed by atoms with Gasteiger partial charge < -0.3 is 15.4 Å². The number of fused-ring (bicyclic) bond motifs is 1. The minimum absolute atomic E-state index is 0.219. The molecule has 4 aromatic rings. The van der Waals surface area contributed by atoms with Crippen molar-refractivity contribution < 1.29 is 14.3 Å². The number of aryl methyl sites for hydroxylation is 1. The third kappa shape index (κ3) is 4.78. The zero-order chi connectivity index (χ0) is 23.4. The molecule has 2 amide bonds. The summed E-state index contributed by atoms with van der Waals surface area (Å²) in [5, 5.41) is 5.94. The minimum Gasteiger partial charge on any atom is -0.492 e. The van der Waals surface area contributed by atoms with Crippen LogP contribution in [0.1, 0.15) is 22.2 Å². The van der Waals surface area contributed by atoms with E-state index in [2.05, 4.69) is 15.6 Å². The standard InChI is InChI=1S/C24H22N4O4S/c1-3-32-18-12-8-7-11-17(18)27-19(29)13-28-14-25-23-20(24(28)31)15(2)21(33-23)22(30)26-16-9-5-4-6-10-16/h4-12,14H,3,13H2,1-2H3,(H,26,30)(H,27,29). The molecule has 0 spiro atoms. The van der Waals surface area contributed by atoms with E-state index >= 15 is 0 Å². The lowest BCUT2D eigenvalue weighted by Crippen LogP contribution is -2.28. The predicted octanol–water partition coefficient (Wildman–Crippen LogP) is 4.06. The number of nitrogens with zero attached hydrogens (tertiary/aromatic N) is 2. The first kappa shape index (κ1) is 22.2. The van der Waals surface area contributed by atoms with Gasteiger partial charge in [-0.1, -0.05) is 30.3 Å². The fraction of sp³-hybridized carbons (Fsp3) is 0.167. The molecule has 0 aliphatic heterocycles. The first-order valence-electron chi connectivity index (χ1n) is 10.3. The van der Waals surface area contributed by atoms with Crippen molar-refractivity contribution in [2.45, 2.75) is 20.4 Å². The molecule has 33 heavy (non-hydrogen) atoms. The largest absolute Gasteiger partial charge is 0.492 e. The summed E-state index contributed by atoms with van der Waals surface area (Å²) in [6.07, 6.45) is 1.33. The Morgan fingerprint density at radius 3 is 2.55 bits per heavy atom. The van der Waals surface area contributed by atoms with Crippen LogP contribution in [0.2, 0.25) is 0 Å². The lowest BCUT2D eigenvalue weighted by molar-refractivity contribution is -0.116. The molecule has 0 aliphatic rings. The van der Waals surface area contributed by atoms with E-state index in [0.29, 0.717) is 44.4 Å². The molecule has 4 rings (SSSR count). The number of aromatic nitrogens is 2. The maximum Gasteiger partial charge on any atom is 0.266 e. The molecule has 0 unspecified atom stereocenters. The lowest BCUT2D eigenvalue weighted by atomic mass is 10.2. The number of carbonyl (C=O) groups excluding carboxylic acids is 2. The number of anilines is 2. The third-order valence-electron chi connectivity index (χ3n) is 4.93.